The van der Waals surface area contributed by atoms with Gasteiger partial charge in [-0.05, 0) is 44.0 Å². The predicted molar refractivity (Wildman–Crippen MR) is 71.9 cm³/mol. The van der Waals surface area contributed by atoms with Gasteiger partial charge in [0.2, 0.25) is 0 Å². The molecule has 1 heterocycles. The number of aromatic nitrogens is 2. The van der Waals surface area contributed by atoms with E-state index in [1.807, 2.05) is 20.8 Å². The number of hydrogen-bond donors (Lipinski definition) is 0. The van der Waals surface area contributed by atoms with Crippen LogP contribution < -0.4 is 4.74 Å². The first kappa shape index (κ1) is 13.6. The summed E-state index contributed by atoms with van der Waals surface area (Å²) in [5, 5.41) is 0. The summed E-state index contributed by atoms with van der Waals surface area (Å²) < 4.78 is 31.5. The van der Waals surface area contributed by atoms with Crippen molar-refractivity contribution in [3.63, 3.8) is 0 Å². The first-order valence-electron chi connectivity index (χ1n) is 5.94. The van der Waals surface area contributed by atoms with Gasteiger partial charge in [0.1, 0.15) is 17.0 Å². The van der Waals surface area contributed by atoms with E-state index in [1.165, 1.54) is 18.7 Å². The van der Waals surface area contributed by atoms with Crippen LogP contribution in [-0.2, 0) is 10.0 Å². The first-order chi connectivity index (χ1) is 8.96. The minimum Gasteiger partial charge on any atom is -0.492 e. The SMILES string of the molecule is CCOc1cc(C)c(C)cc1S(=O)(=O)n1ccnc1. The summed E-state index contributed by atoms with van der Waals surface area (Å²) in [4.78, 5) is 3.94. The van der Waals surface area contributed by atoms with Gasteiger partial charge in [0.25, 0.3) is 10.0 Å². The molecule has 102 valence electrons. The van der Waals surface area contributed by atoms with Crippen LogP contribution in [-0.4, -0.2) is 24.0 Å². The van der Waals surface area contributed by atoms with Crippen molar-refractivity contribution in [1.29, 1.82) is 0 Å². The monoisotopic (exact) mass is 280 g/mol. The summed E-state index contributed by atoms with van der Waals surface area (Å²) in [5.41, 5.74) is 1.90. The highest BCUT2D eigenvalue weighted by molar-refractivity contribution is 7.90. The lowest BCUT2D eigenvalue weighted by molar-refractivity contribution is 0.330. The van der Waals surface area contributed by atoms with Crippen molar-refractivity contribution in [2.75, 3.05) is 6.61 Å². The summed E-state index contributed by atoms with van der Waals surface area (Å²) in [7, 11) is -3.66. The Morgan fingerprint density at radius 3 is 2.53 bits per heavy atom. The van der Waals surface area contributed by atoms with E-state index < -0.39 is 10.0 Å². The normalized spacial score (nSPS) is 11.5. The topological polar surface area (TPSA) is 61.2 Å². The van der Waals surface area contributed by atoms with E-state index in [0.29, 0.717) is 12.4 Å². The molecule has 0 spiro atoms. The number of aryl methyl sites for hydroxylation is 2. The fraction of sp³-hybridized carbons (Fsp3) is 0.308. The molecule has 0 aliphatic heterocycles. The second-order valence-electron chi connectivity index (χ2n) is 4.21. The molecule has 0 N–H and O–H groups in total. The summed E-state index contributed by atoms with van der Waals surface area (Å²) in [6, 6.07) is 3.39. The number of benzene rings is 1. The smallest absolute Gasteiger partial charge is 0.272 e. The molecule has 0 fully saturated rings. The molecule has 0 atom stereocenters. The Hall–Kier alpha value is -1.82. The molecule has 0 amide bonds. The van der Waals surface area contributed by atoms with Crippen LogP contribution in [0.5, 0.6) is 5.75 Å². The first-order valence-corrected chi connectivity index (χ1v) is 7.38. The van der Waals surface area contributed by atoms with E-state index in [1.54, 1.807) is 12.1 Å². The third-order valence-electron chi connectivity index (χ3n) is 2.90. The van der Waals surface area contributed by atoms with Crippen molar-refractivity contribution in [2.45, 2.75) is 25.7 Å². The van der Waals surface area contributed by atoms with Crippen molar-refractivity contribution in [3.8, 4) is 5.75 Å². The van der Waals surface area contributed by atoms with Crippen LogP contribution in [0.3, 0.4) is 0 Å². The molecule has 0 aliphatic carbocycles. The number of nitrogens with zero attached hydrogens (tertiary/aromatic N) is 2. The van der Waals surface area contributed by atoms with Gasteiger partial charge in [-0.25, -0.2) is 17.4 Å². The maximum Gasteiger partial charge on any atom is 0.272 e. The van der Waals surface area contributed by atoms with Crippen molar-refractivity contribution in [3.05, 3.63) is 42.0 Å². The van der Waals surface area contributed by atoms with E-state index in [4.69, 9.17) is 4.74 Å². The zero-order chi connectivity index (χ0) is 14.0. The minimum atomic E-state index is -3.66. The molecular formula is C13H16N2O3S. The molecule has 2 rings (SSSR count). The second-order valence-corrected chi connectivity index (χ2v) is 6.03. The molecule has 0 saturated carbocycles. The van der Waals surface area contributed by atoms with E-state index in [2.05, 4.69) is 4.98 Å². The van der Waals surface area contributed by atoms with Gasteiger partial charge in [-0.3, -0.25) is 0 Å². The Bertz CT molecular complexity index is 676. The van der Waals surface area contributed by atoms with Gasteiger partial charge >= 0.3 is 0 Å². The molecule has 0 aliphatic rings. The molecule has 19 heavy (non-hydrogen) atoms. The highest BCUT2D eigenvalue weighted by atomic mass is 32.2. The average molecular weight is 280 g/mol. The van der Waals surface area contributed by atoms with E-state index in [9.17, 15) is 8.42 Å². The Morgan fingerprint density at radius 1 is 1.26 bits per heavy atom. The summed E-state index contributed by atoms with van der Waals surface area (Å²) in [5.74, 6) is 0.374. The minimum absolute atomic E-state index is 0.162. The zero-order valence-corrected chi connectivity index (χ0v) is 11.9. The van der Waals surface area contributed by atoms with Gasteiger partial charge in [0.05, 0.1) is 6.61 Å². The standard InChI is InChI=1S/C13H16N2O3S/c1-4-18-12-7-10(2)11(3)8-13(12)19(16,17)15-6-5-14-9-15/h5-9H,4H2,1-3H3. The van der Waals surface area contributed by atoms with Gasteiger partial charge in [0, 0.05) is 12.4 Å². The molecule has 5 nitrogen and oxygen atoms in total. The van der Waals surface area contributed by atoms with Gasteiger partial charge in [-0.15, -0.1) is 0 Å². The van der Waals surface area contributed by atoms with Crippen LogP contribution in [0.15, 0.2) is 35.7 Å². The van der Waals surface area contributed by atoms with E-state index in [-0.39, 0.29) is 4.90 Å². The number of imidazole rings is 1. The van der Waals surface area contributed by atoms with E-state index in [0.717, 1.165) is 15.1 Å². The zero-order valence-electron chi connectivity index (χ0n) is 11.1. The van der Waals surface area contributed by atoms with Crippen LogP contribution in [0, 0.1) is 13.8 Å². The van der Waals surface area contributed by atoms with Crippen LogP contribution in [0.2, 0.25) is 0 Å². The number of rotatable bonds is 4. The summed E-state index contributed by atoms with van der Waals surface area (Å²) in [6.07, 6.45) is 4.10. The largest absolute Gasteiger partial charge is 0.492 e. The van der Waals surface area contributed by atoms with Gasteiger partial charge in [-0.2, -0.15) is 0 Å². The molecule has 0 saturated heterocycles. The fourth-order valence-electron chi connectivity index (χ4n) is 1.74. The third kappa shape index (κ3) is 2.49. The maximum atomic E-state index is 12.5. The molecule has 2 aromatic rings. The van der Waals surface area contributed by atoms with Gasteiger partial charge < -0.3 is 4.74 Å². The van der Waals surface area contributed by atoms with Crippen LogP contribution in [0.25, 0.3) is 0 Å². The lowest BCUT2D eigenvalue weighted by Crippen LogP contribution is -2.13. The average Bonchev–Trinajstić information content (AvgIpc) is 2.88. The molecule has 1 aromatic carbocycles. The molecule has 0 bridgehead atoms. The molecule has 1 aromatic heterocycles. The lowest BCUT2D eigenvalue weighted by Gasteiger charge is -2.13. The van der Waals surface area contributed by atoms with Crippen LogP contribution in [0.1, 0.15) is 18.1 Å². The summed E-state index contributed by atoms with van der Waals surface area (Å²) in [6.45, 7) is 6.03. The molecular weight excluding hydrogens is 264 g/mol. The fourth-order valence-corrected chi connectivity index (χ4v) is 3.05. The number of ether oxygens (including phenoxy) is 1. The van der Waals surface area contributed by atoms with Gasteiger partial charge in [-0.1, -0.05) is 0 Å². The van der Waals surface area contributed by atoms with Crippen molar-refractivity contribution in [2.24, 2.45) is 0 Å². The van der Waals surface area contributed by atoms with Crippen molar-refractivity contribution in [1.82, 2.24) is 8.96 Å². The second kappa shape index (κ2) is 5.05. The lowest BCUT2D eigenvalue weighted by atomic mass is 10.1. The molecule has 0 unspecified atom stereocenters. The summed E-state index contributed by atoms with van der Waals surface area (Å²) >= 11 is 0. The third-order valence-corrected chi connectivity index (χ3v) is 4.54. The highest BCUT2D eigenvalue weighted by Gasteiger charge is 2.22. The van der Waals surface area contributed by atoms with Gasteiger partial charge in [0.15, 0.2) is 0 Å². The van der Waals surface area contributed by atoms with Crippen LogP contribution in [0.4, 0.5) is 0 Å². The predicted octanol–water partition coefficient (Wildman–Crippen LogP) is 2.14. The Kier molecular flexibility index (Phi) is 3.61. The highest BCUT2D eigenvalue weighted by Crippen LogP contribution is 2.29. The van der Waals surface area contributed by atoms with E-state index >= 15 is 0 Å². The van der Waals surface area contributed by atoms with Crippen molar-refractivity contribution < 1.29 is 13.2 Å². The Labute approximate surface area is 112 Å². The molecule has 6 heteroatoms. The quantitative estimate of drug-likeness (QED) is 0.861. The van der Waals surface area contributed by atoms with Crippen molar-refractivity contribution >= 4 is 10.0 Å². The Balaban J connectivity index is 2.64. The van der Waals surface area contributed by atoms with Crippen LogP contribution >= 0.6 is 0 Å². The molecule has 0 radical (unpaired) electrons. The maximum absolute atomic E-state index is 12.5. The Morgan fingerprint density at radius 2 is 1.95 bits per heavy atom. The number of hydrogen-bond acceptors (Lipinski definition) is 4.